The molecule has 1 rings (SSSR count). The van der Waals surface area contributed by atoms with Crippen LogP contribution in [-0.2, 0) is 10.8 Å². The molecular weight excluding hydrogens is 258 g/mol. The SMILES string of the molecule is CC(C)Oc1ccc(C(N)CS(=O)C(C)(C)C)cc1. The molecule has 108 valence electrons. The first-order chi connectivity index (χ1) is 8.70. The zero-order valence-electron chi connectivity index (χ0n) is 12.5. The Hall–Kier alpha value is -0.870. The fraction of sp³-hybridized carbons (Fsp3) is 0.600. The molecule has 3 nitrogen and oxygen atoms in total. The molecule has 2 unspecified atom stereocenters. The van der Waals surface area contributed by atoms with E-state index in [4.69, 9.17) is 10.5 Å². The van der Waals surface area contributed by atoms with Crippen molar-refractivity contribution in [3.05, 3.63) is 29.8 Å². The van der Waals surface area contributed by atoms with Crippen LogP contribution >= 0.6 is 0 Å². The molecule has 2 N–H and O–H groups in total. The lowest BCUT2D eigenvalue weighted by Crippen LogP contribution is -2.29. The minimum Gasteiger partial charge on any atom is -0.491 e. The summed E-state index contributed by atoms with van der Waals surface area (Å²) < 4.78 is 17.4. The summed E-state index contributed by atoms with van der Waals surface area (Å²) >= 11 is 0. The molecule has 0 aliphatic rings. The summed E-state index contributed by atoms with van der Waals surface area (Å²) in [6.07, 6.45) is 0.160. The van der Waals surface area contributed by atoms with Crippen molar-refractivity contribution < 1.29 is 8.95 Å². The second-order valence-electron chi connectivity index (χ2n) is 5.97. The third-order valence-electron chi connectivity index (χ3n) is 2.69. The second kappa shape index (κ2) is 6.53. The molecule has 0 radical (unpaired) electrons. The van der Waals surface area contributed by atoms with E-state index in [1.807, 2.05) is 58.9 Å². The molecule has 19 heavy (non-hydrogen) atoms. The molecule has 0 amide bonds. The highest BCUT2D eigenvalue weighted by atomic mass is 32.2. The van der Waals surface area contributed by atoms with E-state index in [0.717, 1.165) is 11.3 Å². The highest BCUT2D eigenvalue weighted by Crippen LogP contribution is 2.21. The van der Waals surface area contributed by atoms with Gasteiger partial charge in [-0.3, -0.25) is 4.21 Å². The Morgan fingerprint density at radius 2 is 1.74 bits per heavy atom. The maximum Gasteiger partial charge on any atom is 0.119 e. The first kappa shape index (κ1) is 16.2. The van der Waals surface area contributed by atoms with Gasteiger partial charge in [0, 0.05) is 27.3 Å². The maximum atomic E-state index is 12.1. The van der Waals surface area contributed by atoms with E-state index >= 15 is 0 Å². The predicted octanol–water partition coefficient (Wildman–Crippen LogP) is 3.02. The topological polar surface area (TPSA) is 52.3 Å². The van der Waals surface area contributed by atoms with Crippen molar-refractivity contribution in [2.24, 2.45) is 5.73 Å². The van der Waals surface area contributed by atoms with E-state index < -0.39 is 10.8 Å². The van der Waals surface area contributed by atoms with Gasteiger partial charge in [-0.2, -0.15) is 0 Å². The Morgan fingerprint density at radius 1 is 1.21 bits per heavy atom. The average molecular weight is 283 g/mol. The number of hydrogen-bond acceptors (Lipinski definition) is 3. The molecule has 0 aliphatic heterocycles. The Morgan fingerprint density at radius 3 is 2.16 bits per heavy atom. The van der Waals surface area contributed by atoms with Gasteiger partial charge in [-0.1, -0.05) is 12.1 Å². The van der Waals surface area contributed by atoms with Gasteiger partial charge in [0.25, 0.3) is 0 Å². The maximum absolute atomic E-state index is 12.1. The number of nitrogens with two attached hydrogens (primary N) is 1. The summed E-state index contributed by atoms with van der Waals surface area (Å²) in [4.78, 5) is 0. The van der Waals surface area contributed by atoms with Crippen molar-refractivity contribution in [1.82, 2.24) is 0 Å². The van der Waals surface area contributed by atoms with E-state index in [0.29, 0.717) is 5.75 Å². The zero-order valence-corrected chi connectivity index (χ0v) is 13.3. The van der Waals surface area contributed by atoms with Crippen LogP contribution in [0.2, 0.25) is 0 Å². The summed E-state index contributed by atoms with van der Waals surface area (Å²) in [7, 11) is -0.939. The lowest BCUT2D eigenvalue weighted by molar-refractivity contribution is 0.242. The molecule has 1 aromatic rings. The van der Waals surface area contributed by atoms with Gasteiger partial charge in [0.05, 0.1) is 6.10 Å². The summed E-state index contributed by atoms with van der Waals surface area (Å²) in [6, 6.07) is 7.52. The highest BCUT2D eigenvalue weighted by molar-refractivity contribution is 7.86. The molecule has 0 saturated heterocycles. The van der Waals surface area contributed by atoms with E-state index in [2.05, 4.69) is 0 Å². The summed E-state index contributed by atoms with van der Waals surface area (Å²) in [6.45, 7) is 9.89. The normalized spacial score (nSPS) is 15.3. The summed E-state index contributed by atoms with van der Waals surface area (Å²) in [5, 5.41) is 0. The van der Waals surface area contributed by atoms with Crippen LogP contribution in [-0.4, -0.2) is 20.8 Å². The third kappa shape index (κ3) is 5.33. The average Bonchev–Trinajstić information content (AvgIpc) is 2.27. The Kier molecular flexibility index (Phi) is 5.56. The van der Waals surface area contributed by atoms with Crippen molar-refractivity contribution in [2.45, 2.75) is 51.5 Å². The molecule has 4 heteroatoms. The van der Waals surface area contributed by atoms with Gasteiger partial charge < -0.3 is 10.5 Å². The van der Waals surface area contributed by atoms with Crippen molar-refractivity contribution in [3.8, 4) is 5.75 Å². The van der Waals surface area contributed by atoms with Crippen LogP contribution in [0, 0.1) is 0 Å². The van der Waals surface area contributed by atoms with Gasteiger partial charge >= 0.3 is 0 Å². The lowest BCUT2D eigenvalue weighted by atomic mass is 10.1. The van der Waals surface area contributed by atoms with Crippen LogP contribution < -0.4 is 10.5 Å². The van der Waals surface area contributed by atoms with Crippen molar-refractivity contribution in [3.63, 3.8) is 0 Å². The Labute approximate surface area is 119 Å². The number of ether oxygens (including phenoxy) is 1. The van der Waals surface area contributed by atoms with Gasteiger partial charge in [-0.25, -0.2) is 0 Å². The van der Waals surface area contributed by atoms with Crippen LogP contribution in [0.3, 0.4) is 0 Å². The molecule has 2 atom stereocenters. The minimum absolute atomic E-state index is 0.160. The van der Waals surface area contributed by atoms with Gasteiger partial charge in [0.2, 0.25) is 0 Å². The van der Waals surface area contributed by atoms with Gasteiger partial charge in [0.15, 0.2) is 0 Å². The van der Waals surface area contributed by atoms with Crippen molar-refractivity contribution in [1.29, 1.82) is 0 Å². The summed E-state index contributed by atoms with van der Waals surface area (Å²) in [5.74, 6) is 1.32. The van der Waals surface area contributed by atoms with Crippen LogP contribution in [0.5, 0.6) is 5.75 Å². The fourth-order valence-corrected chi connectivity index (χ4v) is 2.59. The monoisotopic (exact) mass is 283 g/mol. The van der Waals surface area contributed by atoms with Gasteiger partial charge in [-0.15, -0.1) is 0 Å². The number of benzene rings is 1. The highest BCUT2D eigenvalue weighted by Gasteiger charge is 2.22. The quantitative estimate of drug-likeness (QED) is 0.903. The standard InChI is InChI=1S/C15H25NO2S/c1-11(2)18-13-8-6-12(7-9-13)14(16)10-19(17)15(3,4)5/h6-9,11,14H,10,16H2,1-5H3. The molecule has 1 aromatic carbocycles. The largest absolute Gasteiger partial charge is 0.491 e. The van der Waals surface area contributed by atoms with Crippen molar-refractivity contribution >= 4 is 10.8 Å². The first-order valence-corrected chi connectivity index (χ1v) is 7.92. The predicted molar refractivity (Wildman–Crippen MR) is 81.9 cm³/mol. The van der Waals surface area contributed by atoms with Gasteiger partial charge in [0.1, 0.15) is 5.75 Å². The van der Waals surface area contributed by atoms with Crippen LogP contribution in [0.4, 0.5) is 0 Å². The third-order valence-corrected chi connectivity index (χ3v) is 4.72. The molecule has 0 fully saturated rings. The van der Waals surface area contributed by atoms with E-state index in [9.17, 15) is 4.21 Å². The van der Waals surface area contributed by atoms with E-state index in [-0.39, 0.29) is 16.9 Å². The van der Waals surface area contributed by atoms with Crippen LogP contribution in [0.25, 0.3) is 0 Å². The fourth-order valence-electron chi connectivity index (χ4n) is 1.58. The minimum atomic E-state index is -0.939. The van der Waals surface area contributed by atoms with E-state index in [1.165, 1.54) is 0 Å². The van der Waals surface area contributed by atoms with Crippen LogP contribution in [0.1, 0.15) is 46.2 Å². The van der Waals surface area contributed by atoms with Crippen LogP contribution in [0.15, 0.2) is 24.3 Å². The zero-order chi connectivity index (χ0) is 14.6. The lowest BCUT2D eigenvalue weighted by Gasteiger charge is -2.21. The Balaban J connectivity index is 2.68. The summed E-state index contributed by atoms with van der Waals surface area (Å²) in [5.41, 5.74) is 7.10. The molecule has 0 aromatic heterocycles. The second-order valence-corrected chi connectivity index (χ2v) is 8.22. The van der Waals surface area contributed by atoms with Gasteiger partial charge in [-0.05, 0) is 52.3 Å². The van der Waals surface area contributed by atoms with Crippen molar-refractivity contribution in [2.75, 3.05) is 5.75 Å². The number of rotatable bonds is 5. The smallest absolute Gasteiger partial charge is 0.119 e. The molecule has 0 saturated carbocycles. The first-order valence-electron chi connectivity index (χ1n) is 6.61. The van der Waals surface area contributed by atoms with E-state index in [1.54, 1.807) is 0 Å². The molecule has 0 spiro atoms. The molecule has 0 aliphatic carbocycles. The molecule has 0 bridgehead atoms. The molecule has 0 heterocycles. The number of hydrogen-bond donors (Lipinski definition) is 1. The Bertz CT molecular complexity index is 421. The molecular formula is C15H25NO2S.